The fourth-order valence-electron chi connectivity index (χ4n) is 1.23. The number of nitrogens with zero attached hydrogens (tertiary/aromatic N) is 1. The summed E-state index contributed by atoms with van der Waals surface area (Å²) in [6.45, 7) is 3.05. The van der Waals surface area contributed by atoms with Crippen molar-refractivity contribution in [1.29, 1.82) is 0 Å². The second kappa shape index (κ2) is 3.72. The smallest absolute Gasteiger partial charge is 0.251 e. The fraction of sp³-hybridized carbons (Fsp3) is 0.750. The van der Waals surface area contributed by atoms with Crippen molar-refractivity contribution < 1.29 is 9.90 Å². The molecule has 0 aromatic carbocycles. The largest absolute Gasteiger partial charge is 0.384 e. The first-order chi connectivity index (χ1) is 5.22. The summed E-state index contributed by atoms with van der Waals surface area (Å²) < 4.78 is 0. The molecule has 1 rings (SSSR count). The molecule has 1 N–H and O–H groups in total. The maximum absolute atomic E-state index is 11.2. The lowest BCUT2D eigenvalue weighted by Crippen LogP contribution is -2.41. The molecule has 1 aliphatic rings. The van der Waals surface area contributed by atoms with Crippen molar-refractivity contribution in [2.75, 3.05) is 13.1 Å². The van der Waals surface area contributed by atoms with Crippen LogP contribution in [0.2, 0.25) is 0 Å². The van der Waals surface area contributed by atoms with Crippen LogP contribution in [0.1, 0.15) is 19.8 Å². The second-order valence-corrected chi connectivity index (χ2v) is 2.87. The maximum Gasteiger partial charge on any atom is 0.251 e. The van der Waals surface area contributed by atoms with E-state index in [0.29, 0.717) is 0 Å². The molecule has 11 heavy (non-hydrogen) atoms. The highest BCUT2D eigenvalue weighted by Gasteiger charge is 2.19. The van der Waals surface area contributed by atoms with E-state index in [-0.39, 0.29) is 5.91 Å². The van der Waals surface area contributed by atoms with Crippen LogP contribution in [0.25, 0.3) is 0 Å². The Balaban J connectivity index is 2.39. The summed E-state index contributed by atoms with van der Waals surface area (Å²) in [5.41, 5.74) is 0. The first-order valence-corrected chi connectivity index (χ1v) is 4.00. The van der Waals surface area contributed by atoms with Gasteiger partial charge in [-0.1, -0.05) is 0 Å². The zero-order valence-corrected chi connectivity index (χ0v) is 6.79. The van der Waals surface area contributed by atoms with Gasteiger partial charge in [0.1, 0.15) is 6.10 Å². The number of carbonyl (C=O) groups is 1. The third kappa shape index (κ3) is 2.19. The van der Waals surface area contributed by atoms with E-state index in [4.69, 9.17) is 5.11 Å². The highest BCUT2D eigenvalue weighted by molar-refractivity contribution is 5.80. The van der Waals surface area contributed by atoms with Gasteiger partial charge in [-0.15, -0.1) is 0 Å². The number of aliphatic hydroxyl groups excluding tert-OH is 1. The predicted molar refractivity (Wildman–Crippen MR) is 41.8 cm³/mol. The van der Waals surface area contributed by atoms with Gasteiger partial charge in [0.25, 0.3) is 5.91 Å². The Morgan fingerprint density at radius 2 is 2.09 bits per heavy atom. The van der Waals surface area contributed by atoms with Crippen LogP contribution >= 0.6 is 0 Å². The van der Waals surface area contributed by atoms with Crippen molar-refractivity contribution in [2.45, 2.75) is 25.9 Å². The summed E-state index contributed by atoms with van der Waals surface area (Å²) in [7, 11) is 0. The average molecular weight is 156 g/mol. The van der Waals surface area contributed by atoms with E-state index in [2.05, 4.69) is 6.42 Å². The quantitative estimate of drug-likeness (QED) is 0.589. The van der Waals surface area contributed by atoms with Gasteiger partial charge < -0.3 is 10.0 Å². The van der Waals surface area contributed by atoms with E-state index in [1.165, 1.54) is 6.92 Å². The van der Waals surface area contributed by atoms with E-state index < -0.39 is 6.10 Å². The number of amides is 1. The molecule has 1 atom stereocenters. The van der Waals surface area contributed by atoms with Gasteiger partial charge in [0.2, 0.25) is 0 Å². The molecule has 0 aromatic rings. The summed E-state index contributed by atoms with van der Waals surface area (Å²) in [5.74, 6) is -0.141. The SMILES string of the molecule is CC(O)C(=O)N1CC[CH]CC1. The summed E-state index contributed by atoms with van der Waals surface area (Å²) in [6, 6.07) is 0. The number of rotatable bonds is 1. The van der Waals surface area contributed by atoms with Crippen molar-refractivity contribution in [3.05, 3.63) is 6.42 Å². The number of aliphatic hydroxyl groups is 1. The van der Waals surface area contributed by atoms with Crippen LogP contribution in [0.5, 0.6) is 0 Å². The lowest BCUT2D eigenvalue weighted by Gasteiger charge is -2.27. The average Bonchev–Trinajstić information content (AvgIpc) is 2.05. The standard InChI is InChI=1S/C8H14NO2/c1-7(10)8(11)9-5-3-2-4-6-9/h2,7,10H,3-6H2,1H3. The molecule has 0 saturated carbocycles. The maximum atomic E-state index is 11.2. The first kappa shape index (κ1) is 8.53. The number of carbonyl (C=O) groups excluding carboxylic acids is 1. The van der Waals surface area contributed by atoms with Crippen molar-refractivity contribution in [3.8, 4) is 0 Å². The summed E-state index contributed by atoms with van der Waals surface area (Å²) >= 11 is 0. The van der Waals surface area contributed by atoms with Crippen molar-refractivity contribution in [1.82, 2.24) is 4.90 Å². The predicted octanol–water partition coefficient (Wildman–Crippen LogP) is 0.194. The lowest BCUT2D eigenvalue weighted by molar-refractivity contribution is -0.139. The van der Waals surface area contributed by atoms with Gasteiger partial charge in [0.05, 0.1) is 0 Å². The molecule has 1 radical (unpaired) electrons. The molecule has 0 bridgehead atoms. The summed E-state index contributed by atoms with van der Waals surface area (Å²) in [6.07, 6.45) is 3.25. The molecule has 1 unspecified atom stereocenters. The van der Waals surface area contributed by atoms with Gasteiger partial charge >= 0.3 is 0 Å². The fourth-order valence-corrected chi connectivity index (χ4v) is 1.23. The molecular formula is C8H14NO2. The van der Waals surface area contributed by atoms with E-state index in [1.54, 1.807) is 4.90 Å². The highest BCUT2D eigenvalue weighted by Crippen LogP contribution is 2.08. The lowest BCUT2D eigenvalue weighted by atomic mass is 10.1. The Labute approximate surface area is 67.0 Å². The Kier molecular flexibility index (Phi) is 2.88. The zero-order valence-electron chi connectivity index (χ0n) is 6.79. The van der Waals surface area contributed by atoms with Crippen molar-refractivity contribution in [2.24, 2.45) is 0 Å². The Morgan fingerprint density at radius 1 is 1.55 bits per heavy atom. The number of likely N-dealkylation sites (tertiary alicyclic amines) is 1. The Bertz CT molecular complexity index is 139. The van der Waals surface area contributed by atoms with Crippen LogP contribution in [-0.2, 0) is 4.79 Å². The van der Waals surface area contributed by atoms with Crippen LogP contribution in [0.4, 0.5) is 0 Å². The monoisotopic (exact) mass is 156 g/mol. The van der Waals surface area contributed by atoms with E-state index >= 15 is 0 Å². The molecule has 3 heteroatoms. The van der Waals surface area contributed by atoms with Gasteiger partial charge in [0, 0.05) is 13.1 Å². The van der Waals surface area contributed by atoms with E-state index in [1.807, 2.05) is 0 Å². The molecule has 3 nitrogen and oxygen atoms in total. The Morgan fingerprint density at radius 3 is 2.55 bits per heavy atom. The van der Waals surface area contributed by atoms with Crippen LogP contribution in [0, 0.1) is 6.42 Å². The van der Waals surface area contributed by atoms with Gasteiger partial charge in [-0.2, -0.15) is 0 Å². The topological polar surface area (TPSA) is 40.5 Å². The molecular weight excluding hydrogens is 142 g/mol. The second-order valence-electron chi connectivity index (χ2n) is 2.87. The molecule has 0 spiro atoms. The van der Waals surface area contributed by atoms with Gasteiger partial charge in [-0.3, -0.25) is 4.79 Å². The van der Waals surface area contributed by atoms with Crippen molar-refractivity contribution in [3.63, 3.8) is 0 Å². The number of hydrogen-bond donors (Lipinski definition) is 1. The molecule has 1 aliphatic heterocycles. The zero-order chi connectivity index (χ0) is 8.27. The molecule has 1 amide bonds. The van der Waals surface area contributed by atoms with E-state index in [0.717, 1.165) is 25.9 Å². The minimum absolute atomic E-state index is 0.141. The third-order valence-electron chi connectivity index (χ3n) is 1.88. The molecule has 1 saturated heterocycles. The van der Waals surface area contributed by atoms with Crippen LogP contribution in [-0.4, -0.2) is 35.1 Å². The van der Waals surface area contributed by atoms with Gasteiger partial charge in [-0.05, 0) is 26.2 Å². The highest BCUT2D eigenvalue weighted by atomic mass is 16.3. The Hall–Kier alpha value is -0.570. The summed E-state index contributed by atoms with van der Waals surface area (Å²) in [5, 5.41) is 8.97. The molecule has 1 fully saturated rings. The number of hydrogen-bond acceptors (Lipinski definition) is 2. The molecule has 1 heterocycles. The minimum atomic E-state index is -0.840. The molecule has 63 valence electrons. The van der Waals surface area contributed by atoms with Crippen LogP contribution < -0.4 is 0 Å². The van der Waals surface area contributed by atoms with Crippen LogP contribution in [0.15, 0.2) is 0 Å². The summed E-state index contributed by atoms with van der Waals surface area (Å²) in [4.78, 5) is 12.9. The molecule has 0 aliphatic carbocycles. The normalized spacial score (nSPS) is 21.5. The van der Waals surface area contributed by atoms with Gasteiger partial charge in [0.15, 0.2) is 0 Å². The third-order valence-corrected chi connectivity index (χ3v) is 1.88. The van der Waals surface area contributed by atoms with Crippen LogP contribution in [0.3, 0.4) is 0 Å². The van der Waals surface area contributed by atoms with Crippen molar-refractivity contribution >= 4 is 5.91 Å². The minimum Gasteiger partial charge on any atom is -0.384 e. The molecule has 0 aromatic heterocycles. The number of piperidine rings is 1. The van der Waals surface area contributed by atoms with Gasteiger partial charge in [-0.25, -0.2) is 0 Å². The first-order valence-electron chi connectivity index (χ1n) is 4.00. The van der Waals surface area contributed by atoms with E-state index in [9.17, 15) is 4.79 Å².